The monoisotopic (exact) mass is 361 g/mol. The zero-order valence-electron chi connectivity index (χ0n) is 14.3. The van der Waals surface area contributed by atoms with Crippen molar-refractivity contribution in [1.29, 1.82) is 5.41 Å². The molecule has 0 aliphatic carbocycles. The number of halogens is 1. The molecule has 1 heterocycles. The Morgan fingerprint density at radius 3 is 2.38 bits per heavy atom. The van der Waals surface area contributed by atoms with Crippen LogP contribution in [-0.4, -0.2) is 30.5 Å². The number of esters is 1. The maximum absolute atomic E-state index is 14.2. The van der Waals surface area contributed by atoms with E-state index in [1.54, 1.807) is 38.1 Å². The minimum absolute atomic E-state index is 0. The van der Waals surface area contributed by atoms with E-state index in [9.17, 15) is 9.18 Å². The third-order valence-electron chi connectivity index (χ3n) is 3.64. The molecule has 0 saturated carbocycles. The van der Waals surface area contributed by atoms with E-state index in [-0.39, 0.29) is 25.7 Å². The number of amidine groups is 1. The molecule has 6 nitrogen and oxygen atoms in total. The summed E-state index contributed by atoms with van der Waals surface area (Å²) in [6, 6.07) is 8.12. The highest BCUT2D eigenvalue weighted by molar-refractivity contribution is 5.95. The third kappa shape index (κ3) is 4.78. The van der Waals surface area contributed by atoms with Crippen molar-refractivity contribution < 1.29 is 18.7 Å². The van der Waals surface area contributed by atoms with Gasteiger partial charge in [-0.15, -0.1) is 0 Å². The highest BCUT2D eigenvalue weighted by atomic mass is 19.1. The van der Waals surface area contributed by atoms with E-state index in [4.69, 9.17) is 15.9 Å². The largest absolute Gasteiger partial charge is 0.474 e. The van der Waals surface area contributed by atoms with E-state index in [0.29, 0.717) is 11.1 Å². The summed E-state index contributed by atoms with van der Waals surface area (Å²) >= 11 is 0. The summed E-state index contributed by atoms with van der Waals surface area (Å²) in [5.74, 6) is -1.29. The van der Waals surface area contributed by atoms with E-state index >= 15 is 0 Å². The molecule has 2 aromatic rings. The summed E-state index contributed by atoms with van der Waals surface area (Å²) in [5, 5.41) is 7.37. The van der Waals surface area contributed by atoms with Crippen molar-refractivity contribution in [3.05, 3.63) is 47.9 Å². The number of carbonyl (C=O) groups is 1. The molecule has 0 aliphatic rings. The smallest absolute Gasteiger partial charge is 0.314 e. The van der Waals surface area contributed by atoms with Gasteiger partial charge in [-0.25, -0.2) is 9.37 Å². The summed E-state index contributed by atoms with van der Waals surface area (Å²) in [5.41, 5.74) is 6.38. The van der Waals surface area contributed by atoms with E-state index in [0.717, 1.165) is 5.56 Å². The lowest BCUT2D eigenvalue weighted by Crippen LogP contribution is -2.32. The van der Waals surface area contributed by atoms with Gasteiger partial charge in [0.1, 0.15) is 12.4 Å². The zero-order chi connectivity index (χ0) is 18.6. The molecule has 7 heteroatoms. The number of benzene rings is 1. The highest BCUT2D eigenvalue weighted by Crippen LogP contribution is 2.25. The first-order chi connectivity index (χ1) is 11.7. The highest BCUT2D eigenvalue weighted by Gasteiger charge is 2.30. The van der Waals surface area contributed by atoms with Gasteiger partial charge in [-0.1, -0.05) is 31.7 Å². The van der Waals surface area contributed by atoms with Gasteiger partial charge in [-0.2, -0.15) is 0 Å². The lowest BCUT2D eigenvalue weighted by Gasteiger charge is -2.21. The molecule has 0 saturated heterocycles. The topological polar surface area (TPSA) is 98.3 Å². The lowest BCUT2D eigenvalue weighted by atomic mass is 9.95. The van der Waals surface area contributed by atoms with Gasteiger partial charge >= 0.3 is 5.97 Å². The number of nitrogens with zero attached hydrogens (tertiary/aromatic N) is 1. The number of methoxy groups -OCH3 is 1. The van der Waals surface area contributed by atoms with Gasteiger partial charge in [0.2, 0.25) is 5.88 Å². The second-order valence-electron chi connectivity index (χ2n) is 6.17. The molecule has 0 bridgehead atoms. The quantitative estimate of drug-likeness (QED) is 0.467. The maximum atomic E-state index is 14.2. The summed E-state index contributed by atoms with van der Waals surface area (Å²) in [6.45, 7) is 3.22. The predicted molar refractivity (Wildman–Crippen MR) is 98.7 cm³/mol. The van der Waals surface area contributed by atoms with Crippen molar-refractivity contribution in [1.82, 2.24) is 4.98 Å². The van der Waals surface area contributed by atoms with Gasteiger partial charge in [0.15, 0.2) is 5.82 Å². The van der Waals surface area contributed by atoms with Crippen LogP contribution in [-0.2, 0) is 9.53 Å². The van der Waals surface area contributed by atoms with Gasteiger partial charge in [0.05, 0.1) is 12.5 Å². The molecule has 1 aromatic heterocycles. The first-order valence-corrected chi connectivity index (χ1v) is 7.56. The van der Waals surface area contributed by atoms with Crippen LogP contribution in [0.4, 0.5) is 4.39 Å². The molecular formula is C19H24FN3O3. The third-order valence-corrected chi connectivity index (χ3v) is 3.64. The van der Waals surface area contributed by atoms with E-state index < -0.39 is 17.2 Å². The van der Waals surface area contributed by atoms with Crippen LogP contribution in [0.3, 0.4) is 0 Å². The Hall–Kier alpha value is -2.96. The van der Waals surface area contributed by atoms with Crippen molar-refractivity contribution >= 4 is 11.8 Å². The van der Waals surface area contributed by atoms with Gasteiger partial charge < -0.3 is 15.2 Å². The molecule has 0 radical (unpaired) electrons. The Kier molecular flexibility index (Phi) is 6.83. The molecule has 3 N–H and O–H groups in total. The minimum Gasteiger partial charge on any atom is -0.474 e. The summed E-state index contributed by atoms with van der Waals surface area (Å²) in [4.78, 5) is 15.6. The summed E-state index contributed by atoms with van der Waals surface area (Å²) in [7, 11) is 1.29. The van der Waals surface area contributed by atoms with E-state index in [1.807, 2.05) is 0 Å². The van der Waals surface area contributed by atoms with Crippen LogP contribution < -0.4 is 10.5 Å². The van der Waals surface area contributed by atoms with Gasteiger partial charge in [-0.05, 0) is 25.5 Å². The molecule has 0 fully saturated rings. The van der Waals surface area contributed by atoms with Crippen molar-refractivity contribution in [3.63, 3.8) is 0 Å². The number of ether oxygens (including phenoxy) is 2. The van der Waals surface area contributed by atoms with Crippen LogP contribution in [0.2, 0.25) is 0 Å². The van der Waals surface area contributed by atoms with E-state index in [1.165, 1.54) is 19.4 Å². The number of nitrogens with two attached hydrogens (primary N) is 1. The minimum atomic E-state index is -0.913. The number of hydrogen-bond acceptors (Lipinski definition) is 5. The fourth-order valence-corrected chi connectivity index (χ4v) is 2.12. The average molecular weight is 361 g/mol. The number of aromatic nitrogens is 1. The SMILES string of the molecule is C.COC(=O)C(C)(C)COc1ncc(-c2ccc(C(=N)N)cc2)cc1F. The Labute approximate surface area is 152 Å². The fraction of sp³-hybridized carbons (Fsp3) is 0.316. The molecular weight excluding hydrogens is 337 g/mol. The molecule has 0 aliphatic heterocycles. The Balaban J connectivity index is 0.00000338. The summed E-state index contributed by atoms with van der Waals surface area (Å²) < 4.78 is 24.3. The lowest BCUT2D eigenvalue weighted by molar-refractivity contribution is -0.152. The Morgan fingerprint density at radius 1 is 1.27 bits per heavy atom. The van der Waals surface area contributed by atoms with Gasteiger partial charge in [-0.3, -0.25) is 10.2 Å². The number of hydrogen-bond donors (Lipinski definition) is 2. The second-order valence-corrected chi connectivity index (χ2v) is 6.17. The molecule has 0 amide bonds. The number of pyridine rings is 1. The van der Waals surface area contributed by atoms with Crippen LogP contribution in [0.1, 0.15) is 26.8 Å². The number of carbonyl (C=O) groups excluding carboxylic acids is 1. The molecule has 0 unspecified atom stereocenters. The average Bonchev–Trinajstić information content (AvgIpc) is 2.59. The Morgan fingerprint density at radius 2 is 1.88 bits per heavy atom. The molecule has 0 atom stereocenters. The fourth-order valence-electron chi connectivity index (χ4n) is 2.12. The molecule has 26 heavy (non-hydrogen) atoms. The molecule has 2 rings (SSSR count). The van der Waals surface area contributed by atoms with Gasteiger partial charge in [0, 0.05) is 17.3 Å². The Bertz CT molecular complexity index is 789. The van der Waals surface area contributed by atoms with Crippen LogP contribution in [0.15, 0.2) is 36.5 Å². The van der Waals surface area contributed by atoms with Crippen LogP contribution in [0.5, 0.6) is 5.88 Å². The van der Waals surface area contributed by atoms with Crippen molar-refractivity contribution in [2.75, 3.05) is 13.7 Å². The summed E-state index contributed by atoms with van der Waals surface area (Å²) in [6.07, 6.45) is 1.48. The first-order valence-electron chi connectivity index (χ1n) is 7.56. The molecule has 140 valence electrons. The van der Waals surface area contributed by atoms with Crippen LogP contribution >= 0.6 is 0 Å². The van der Waals surface area contributed by atoms with Gasteiger partial charge in [0.25, 0.3) is 0 Å². The standard InChI is InChI=1S/C18H20FN3O3.CH4/c1-18(2,17(23)24-3)10-25-16-14(19)8-13(9-22-16)11-4-6-12(7-5-11)15(20)21;/h4-9H,10H2,1-3H3,(H3,20,21);1H4. The van der Waals surface area contributed by atoms with Crippen LogP contribution in [0, 0.1) is 16.6 Å². The van der Waals surface area contributed by atoms with Crippen LogP contribution in [0.25, 0.3) is 11.1 Å². The number of rotatable bonds is 6. The van der Waals surface area contributed by atoms with Crippen molar-refractivity contribution in [3.8, 4) is 17.0 Å². The zero-order valence-corrected chi connectivity index (χ0v) is 14.3. The number of nitrogen functional groups attached to an aromatic ring is 1. The number of nitrogens with one attached hydrogen (secondary N) is 1. The first kappa shape index (κ1) is 21.1. The van der Waals surface area contributed by atoms with Crippen molar-refractivity contribution in [2.24, 2.45) is 11.1 Å². The molecule has 1 aromatic carbocycles. The second kappa shape index (κ2) is 8.42. The van der Waals surface area contributed by atoms with E-state index in [2.05, 4.69) is 9.72 Å². The predicted octanol–water partition coefficient (Wildman–Crippen LogP) is 3.39. The maximum Gasteiger partial charge on any atom is 0.314 e. The normalized spacial score (nSPS) is 10.6. The van der Waals surface area contributed by atoms with Crippen molar-refractivity contribution in [2.45, 2.75) is 21.3 Å². The molecule has 0 spiro atoms.